The van der Waals surface area contributed by atoms with Crippen molar-refractivity contribution >= 4 is 35.6 Å². The highest BCUT2D eigenvalue weighted by Crippen LogP contribution is 2.25. The van der Waals surface area contributed by atoms with Gasteiger partial charge in [-0.15, -0.1) is 6.42 Å². The van der Waals surface area contributed by atoms with Gasteiger partial charge >= 0.3 is 12.1 Å². The van der Waals surface area contributed by atoms with Crippen LogP contribution in [0.4, 0.5) is 4.79 Å². The van der Waals surface area contributed by atoms with E-state index in [4.69, 9.17) is 15.9 Å². The molecule has 0 aromatic heterocycles. The number of esters is 1. The van der Waals surface area contributed by atoms with Gasteiger partial charge in [0.1, 0.15) is 17.7 Å². The fourth-order valence-electron chi connectivity index (χ4n) is 4.42. The molecule has 3 amide bonds. The van der Waals surface area contributed by atoms with Crippen LogP contribution in [0, 0.1) is 12.3 Å². The summed E-state index contributed by atoms with van der Waals surface area (Å²) in [6.07, 6.45) is 13.1. The number of terminal acetylenes is 1. The Hall–Kier alpha value is -3.19. The molecule has 0 aliphatic rings. The molecule has 0 radical (unpaired) electrons. The Balaban J connectivity index is 3.44. The summed E-state index contributed by atoms with van der Waals surface area (Å²) in [6.45, 7) is 9.76. The van der Waals surface area contributed by atoms with Crippen molar-refractivity contribution in [2.45, 2.75) is 104 Å². The van der Waals surface area contributed by atoms with Crippen molar-refractivity contribution < 1.29 is 28.7 Å². The van der Waals surface area contributed by atoms with E-state index in [-0.39, 0.29) is 25.5 Å². The Labute approximate surface area is 262 Å². The molecular weight excluding hydrogens is 566 g/mol. The molecule has 9 nitrogen and oxygen atoms in total. The Bertz CT molecular complexity index is 1050. The first kappa shape index (κ1) is 37.8. The number of alkyl carbamates (subject to hydrolysis) is 1. The maximum atomic E-state index is 14.3. The summed E-state index contributed by atoms with van der Waals surface area (Å²) in [6, 6.07) is 5.03. The van der Waals surface area contributed by atoms with E-state index in [1.165, 1.54) is 0 Å². The number of hydrogen-bond donors (Lipinski definition) is 2. The number of unbranched alkanes of at least 4 members (excludes halogenated alkanes) is 5. The van der Waals surface area contributed by atoms with E-state index in [1.54, 1.807) is 68.6 Å². The zero-order valence-corrected chi connectivity index (χ0v) is 27.6. The second-order valence-corrected chi connectivity index (χ2v) is 12.3. The van der Waals surface area contributed by atoms with Gasteiger partial charge < -0.3 is 25.0 Å². The van der Waals surface area contributed by atoms with Gasteiger partial charge in [0.25, 0.3) is 0 Å². The van der Waals surface area contributed by atoms with E-state index in [1.807, 2.05) is 6.26 Å². The van der Waals surface area contributed by atoms with Crippen LogP contribution in [0.1, 0.15) is 103 Å². The Kier molecular flexibility index (Phi) is 18.2. The van der Waals surface area contributed by atoms with Gasteiger partial charge in [-0.3, -0.25) is 14.4 Å². The van der Waals surface area contributed by atoms with E-state index >= 15 is 0 Å². The van der Waals surface area contributed by atoms with Crippen molar-refractivity contribution in [3.63, 3.8) is 0 Å². The highest BCUT2D eigenvalue weighted by molar-refractivity contribution is 7.98. The highest BCUT2D eigenvalue weighted by atomic mass is 32.2. The van der Waals surface area contributed by atoms with Gasteiger partial charge in [-0.05, 0) is 70.2 Å². The summed E-state index contributed by atoms with van der Waals surface area (Å²) in [5, 5.41) is 5.57. The van der Waals surface area contributed by atoms with Gasteiger partial charge in [-0.2, -0.15) is 11.8 Å². The molecule has 1 aromatic carbocycles. The molecule has 0 heterocycles. The lowest BCUT2D eigenvalue weighted by Gasteiger charge is -2.34. The third-order valence-corrected chi connectivity index (χ3v) is 7.17. The molecule has 1 aromatic rings. The van der Waals surface area contributed by atoms with E-state index in [0.29, 0.717) is 36.3 Å². The summed E-state index contributed by atoms with van der Waals surface area (Å²) in [4.78, 5) is 54.3. The monoisotopic (exact) mass is 617 g/mol. The molecule has 43 heavy (non-hydrogen) atoms. The maximum Gasteiger partial charge on any atom is 0.408 e. The molecule has 0 saturated heterocycles. The van der Waals surface area contributed by atoms with Crippen LogP contribution in [0.3, 0.4) is 0 Å². The number of carbonyl (C=O) groups excluding carboxylic acids is 4. The van der Waals surface area contributed by atoms with Crippen molar-refractivity contribution in [3.8, 4) is 12.3 Å². The number of carbonyl (C=O) groups is 4. The van der Waals surface area contributed by atoms with Crippen LogP contribution in [0.5, 0.6) is 0 Å². The number of amides is 3. The summed E-state index contributed by atoms with van der Waals surface area (Å²) >= 11 is 1.56. The Morgan fingerprint density at radius 1 is 1.02 bits per heavy atom. The smallest absolute Gasteiger partial charge is 0.408 e. The van der Waals surface area contributed by atoms with E-state index in [9.17, 15) is 19.2 Å². The number of hydrogen-bond acceptors (Lipinski definition) is 7. The molecule has 1 rings (SSSR count). The quantitative estimate of drug-likeness (QED) is 0.118. The minimum atomic E-state index is -1.01. The summed E-state index contributed by atoms with van der Waals surface area (Å²) in [7, 11) is 0. The van der Waals surface area contributed by atoms with Gasteiger partial charge in [0.05, 0.1) is 13.0 Å². The normalized spacial score (nSPS) is 12.4. The average Bonchev–Trinajstić information content (AvgIpc) is 2.95. The van der Waals surface area contributed by atoms with Crippen molar-refractivity contribution in [2.75, 3.05) is 31.7 Å². The van der Waals surface area contributed by atoms with Crippen LogP contribution < -0.4 is 10.6 Å². The van der Waals surface area contributed by atoms with Crippen molar-refractivity contribution in [3.05, 3.63) is 35.4 Å². The lowest BCUT2D eigenvalue weighted by Crippen LogP contribution is -2.53. The second-order valence-electron chi connectivity index (χ2n) is 11.3. The molecule has 0 spiro atoms. The molecule has 10 heteroatoms. The lowest BCUT2D eigenvalue weighted by atomic mass is 10.00. The molecule has 0 aliphatic carbocycles. The van der Waals surface area contributed by atoms with Crippen molar-refractivity contribution in [1.29, 1.82) is 0 Å². The second kappa shape index (κ2) is 20.7. The minimum absolute atomic E-state index is 0.00422. The van der Waals surface area contributed by atoms with E-state index in [2.05, 4.69) is 23.5 Å². The number of nitrogens with zero attached hydrogens (tertiary/aromatic N) is 1. The first-order chi connectivity index (χ1) is 20.5. The standard InChI is InChI=1S/C33H51N3O6S/c1-8-11-12-13-14-15-23-36(31(39)27(21-24-43-7)35-32(40)42-33(4,5)6)29(26-18-16-25(9-2)17-19-26)30(38)34-22-20-28(37)41-10-3/h2,16-19,27,29H,8,10-15,20-24H2,1,3-7H3,(H,34,38)(H,35,40). The van der Waals surface area contributed by atoms with Gasteiger partial charge in [0.2, 0.25) is 11.8 Å². The van der Waals surface area contributed by atoms with Gasteiger partial charge in [-0.25, -0.2) is 4.79 Å². The first-order valence-electron chi connectivity index (χ1n) is 15.3. The lowest BCUT2D eigenvalue weighted by molar-refractivity contribution is -0.144. The molecule has 2 unspecified atom stereocenters. The molecule has 0 bridgehead atoms. The maximum absolute atomic E-state index is 14.3. The molecule has 0 saturated carbocycles. The van der Waals surface area contributed by atoms with E-state index in [0.717, 1.165) is 32.1 Å². The predicted molar refractivity (Wildman–Crippen MR) is 173 cm³/mol. The topological polar surface area (TPSA) is 114 Å². The van der Waals surface area contributed by atoms with Crippen LogP contribution >= 0.6 is 11.8 Å². The number of rotatable bonds is 19. The average molecular weight is 618 g/mol. The molecule has 0 aliphatic heterocycles. The zero-order valence-electron chi connectivity index (χ0n) is 26.8. The number of ether oxygens (including phenoxy) is 2. The fourth-order valence-corrected chi connectivity index (χ4v) is 4.90. The van der Waals surface area contributed by atoms with E-state index < -0.39 is 35.7 Å². The third kappa shape index (κ3) is 15.2. The van der Waals surface area contributed by atoms with Gasteiger partial charge in [0, 0.05) is 18.7 Å². The van der Waals surface area contributed by atoms with Gasteiger partial charge in [-0.1, -0.05) is 57.1 Å². The molecule has 0 fully saturated rings. The van der Waals surface area contributed by atoms with Crippen LogP contribution in [0.15, 0.2) is 24.3 Å². The minimum Gasteiger partial charge on any atom is -0.466 e. The largest absolute Gasteiger partial charge is 0.466 e. The summed E-state index contributed by atoms with van der Waals surface area (Å²) in [5.74, 6) is 1.97. The van der Waals surface area contributed by atoms with Crippen LogP contribution in [0.2, 0.25) is 0 Å². The highest BCUT2D eigenvalue weighted by Gasteiger charge is 2.36. The van der Waals surface area contributed by atoms with Crippen LogP contribution in [-0.2, 0) is 23.9 Å². The summed E-state index contributed by atoms with van der Waals surface area (Å²) in [5.41, 5.74) is 0.478. The zero-order chi connectivity index (χ0) is 32.3. The molecule has 2 atom stereocenters. The van der Waals surface area contributed by atoms with Crippen molar-refractivity contribution in [1.82, 2.24) is 15.5 Å². The number of thioether (sulfide) groups is 1. The van der Waals surface area contributed by atoms with Gasteiger partial charge in [0.15, 0.2) is 0 Å². The summed E-state index contributed by atoms with van der Waals surface area (Å²) < 4.78 is 10.4. The Morgan fingerprint density at radius 3 is 2.26 bits per heavy atom. The molecular formula is C33H51N3O6S. The number of nitrogens with one attached hydrogen (secondary N) is 2. The number of benzene rings is 1. The third-order valence-electron chi connectivity index (χ3n) is 6.52. The molecule has 240 valence electrons. The SMILES string of the molecule is C#Cc1ccc(C(C(=O)NCCC(=O)OCC)N(CCCCCCCC)C(=O)C(CCSC)NC(=O)OC(C)(C)C)cc1. The van der Waals surface area contributed by atoms with Crippen LogP contribution in [-0.4, -0.2) is 72.1 Å². The molecule has 2 N–H and O–H groups in total. The van der Waals surface area contributed by atoms with Crippen LogP contribution in [0.25, 0.3) is 0 Å². The predicted octanol–water partition coefficient (Wildman–Crippen LogP) is 5.61. The fraction of sp³-hybridized carbons (Fsp3) is 0.636. The van der Waals surface area contributed by atoms with Crippen molar-refractivity contribution in [2.24, 2.45) is 0 Å². The first-order valence-corrected chi connectivity index (χ1v) is 16.7. The Morgan fingerprint density at radius 2 is 1.67 bits per heavy atom.